The highest BCUT2D eigenvalue weighted by Gasteiger charge is 2.06. The van der Waals surface area contributed by atoms with Crippen LogP contribution in [-0.2, 0) is 17.8 Å². The number of thiophene rings is 1. The average Bonchev–Trinajstić information content (AvgIpc) is 2.83. The van der Waals surface area contributed by atoms with E-state index in [-0.39, 0.29) is 5.91 Å². The Morgan fingerprint density at radius 2 is 2.16 bits per heavy atom. The van der Waals surface area contributed by atoms with E-state index in [1.807, 2.05) is 24.3 Å². The van der Waals surface area contributed by atoms with E-state index < -0.39 is 0 Å². The summed E-state index contributed by atoms with van der Waals surface area (Å²) in [5.41, 5.74) is 2.02. The highest BCUT2D eigenvalue weighted by atomic mass is 79.9. The van der Waals surface area contributed by atoms with Gasteiger partial charge in [0.1, 0.15) is 0 Å². The molecule has 100 valence electrons. The number of rotatable bonds is 5. The molecule has 0 spiro atoms. The first-order valence-electron chi connectivity index (χ1n) is 5.94. The van der Waals surface area contributed by atoms with Crippen molar-refractivity contribution < 1.29 is 4.79 Å². The summed E-state index contributed by atoms with van der Waals surface area (Å²) in [4.78, 5) is 12.7. The number of carbonyl (C=O) groups excluding carboxylic acids is 1. The lowest BCUT2D eigenvalue weighted by Crippen LogP contribution is -2.20. The van der Waals surface area contributed by atoms with Gasteiger partial charge in [0.2, 0.25) is 5.91 Å². The van der Waals surface area contributed by atoms with Crippen LogP contribution in [0.5, 0.6) is 0 Å². The van der Waals surface area contributed by atoms with Gasteiger partial charge in [0.05, 0.1) is 6.42 Å². The summed E-state index contributed by atoms with van der Waals surface area (Å²) < 4.78 is 1.10. The number of likely N-dealkylation sites (N-methyl/N-ethyl adjacent to an activating group) is 1. The van der Waals surface area contributed by atoms with E-state index in [1.165, 1.54) is 4.88 Å². The van der Waals surface area contributed by atoms with Gasteiger partial charge in [-0.25, -0.2) is 0 Å². The van der Waals surface area contributed by atoms with Crippen molar-refractivity contribution in [1.29, 1.82) is 0 Å². The van der Waals surface area contributed by atoms with Gasteiger partial charge in [-0.05, 0) is 33.6 Å². The molecule has 1 amide bonds. The molecule has 0 aliphatic heterocycles. The second kappa shape index (κ2) is 6.73. The van der Waals surface area contributed by atoms with Crippen LogP contribution in [0.3, 0.4) is 0 Å². The summed E-state index contributed by atoms with van der Waals surface area (Å²) in [5.74, 6) is 0.0214. The lowest BCUT2D eigenvalue weighted by atomic mass is 10.1. The molecule has 3 nitrogen and oxygen atoms in total. The number of hydrogen-bond acceptors (Lipinski definition) is 3. The molecule has 0 atom stereocenters. The highest BCUT2D eigenvalue weighted by Crippen LogP contribution is 2.22. The Morgan fingerprint density at radius 3 is 2.84 bits per heavy atom. The van der Waals surface area contributed by atoms with Crippen molar-refractivity contribution in [2.75, 3.05) is 12.4 Å². The summed E-state index contributed by atoms with van der Waals surface area (Å²) >= 11 is 5.15. The van der Waals surface area contributed by atoms with Gasteiger partial charge in [-0.1, -0.05) is 18.2 Å². The summed E-state index contributed by atoms with van der Waals surface area (Å²) in [6.45, 7) is 0.765. The second-order valence-corrected chi connectivity index (χ2v) is 6.00. The molecule has 1 aromatic heterocycles. The summed E-state index contributed by atoms with van der Waals surface area (Å²) in [7, 11) is 1.65. The van der Waals surface area contributed by atoms with Crippen LogP contribution >= 0.6 is 27.3 Å². The minimum Gasteiger partial charge on any atom is -0.380 e. The molecule has 0 bridgehead atoms. The molecule has 0 aliphatic rings. The molecule has 1 aromatic carbocycles. The third kappa shape index (κ3) is 4.08. The SMILES string of the molecule is CNC(=O)Cc1ccccc1NCc1cc(Br)cs1. The quantitative estimate of drug-likeness (QED) is 0.877. The first-order valence-corrected chi connectivity index (χ1v) is 7.61. The molecule has 0 saturated heterocycles. The van der Waals surface area contributed by atoms with Gasteiger partial charge in [-0.3, -0.25) is 4.79 Å². The molecular weight excluding hydrogens is 324 g/mol. The van der Waals surface area contributed by atoms with E-state index >= 15 is 0 Å². The van der Waals surface area contributed by atoms with Crippen LogP contribution in [0, 0.1) is 0 Å². The predicted octanol–water partition coefficient (Wildman–Crippen LogP) is 3.41. The molecule has 0 fully saturated rings. The van der Waals surface area contributed by atoms with E-state index in [9.17, 15) is 4.79 Å². The van der Waals surface area contributed by atoms with Crippen molar-refractivity contribution in [3.05, 3.63) is 50.6 Å². The van der Waals surface area contributed by atoms with E-state index in [4.69, 9.17) is 0 Å². The zero-order chi connectivity index (χ0) is 13.7. The van der Waals surface area contributed by atoms with Crippen molar-refractivity contribution in [3.63, 3.8) is 0 Å². The van der Waals surface area contributed by atoms with E-state index in [0.717, 1.165) is 22.3 Å². The second-order valence-electron chi connectivity index (χ2n) is 4.09. The van der Waals surface area contributed by atoms with Gasteiger partial charge >= 0.3 is 0 Å². The third-order valence-corrected chi connectivity index (χ3v) is 4.42. The van der Waals surface area contributed by atoms with Crippen molar-refractivity contribution >= 4 is 38.9 Å². The van der Waals surface area contributed by atoms with E-state index in [2.05, 4.69) is 38.0 Å². The largest absolute Gasteiger partial charge is 0.380 e. The molecule has 0 radical (unpaired) electrons. The number of anilines is 1. The third-order valence-electron chi connectivity index (χ3n) is 2.72. The Bertz CT molecular complexity index is 568. The molecule has 1 heterocycles. The number of hydrogen-bond donors (Lipinski definition) is 2. The van der Waals surface area contributed by atoms with Gasteiger partial charge in [0.15, 0.2) is 0 Å². The zero-order valence-electron chi connectivity index (χ0n) is 10.6. The lowest BCUT2D eigenvalue weighted by molar-refractivity contribution is -0.119. The van der Waals surface area contributed by atoms with Gasteiger partial charge in [0, 0.05) is 34.0 Å². The topological polar surface area (TPSA) is 41.1 Å². The number of benzene rings is 1. The monoisotopic (exact) mass is 338 g/mol. The van der Waals surface area contributed by atoms with Crippen molar-refractivity contribution in [3.8, 4) is 0 Å². The Hall–Kier alpha value is -1.33. The molecule has 0 saturated carbocycles. The summed E-state index contributed by atoms with van der Waals surface area (Å²) in [5, 5.41) is 8.09. The van der Waals surface area contributed by atoms with Crippen molar-refractivity contribution in [2.24, 2.45) is 0 Å². The summed E-state index contributed by atoms with van der Waals surface area (Å²) in [6, 6.07) is 9.99. The van der Waals surface area contributed by atoms with Gasteiger partial charge < -0.3 is 10.6 Å². The van der Waals surface area contributed by atoms with Crippen LogP contribution in [-0.4, -0.2) is 13.0 Å². The highest BCUT2D eigenvalue weighted by molar-refractivity contribution is 9.10. The van der Waals surface area contributed by atoms with Crippen molar-refractivity contribution in [1.82, 2.24) is 5.32 Å². The van der Waals surface area contributed by atoms with Crippen molar-refractivity contribution in [2.45, 2.75) is 13.0 Å². The number of amides is 1. The summed E-state index contributed by atoms with van der Waals surface area (Å²) in [6.07, 6.45) is 0.397. The van der Waals surface area contributed by atoms with E-state index in [1.54, 1.807) is 18.4 Å². The van der Waals surface area contributed by atoms with E-state index in [0.29, 0.717) is 6.42 Å². The Kier molecular flexibility index (Phi) is 4.99. The Morgan fingerprint density at radius 1 is 1.37 bits per heavy atom. The Balaban J connectivity index is 2.05. The first-order chi connectivity index (χ1) is 9.19. The minimum atomic E-state index is 0.0214. The maximum absolute atomic E-state index is 11.5. The smallest absolute Gasteiger partial charge is 0.224 e. The minimum absolute atomic E-state index is 0.0214. The maximum atomic E-state index is 11.5. The Labute approximate surface area is 125 Å². The number of nitrogens with one attached hydrogen (secondary N) is 2. The average molecular weight is 339 g/mol. The van der Waals surface area contributed by atoms with Crippen LogP contribution in [0.4, 0.5) is 5.69 Å². The maximum Gasteiger partial charge on any atom is 0.224 e. The number of carbonyl (C=O) groups is 1. The van der Waals surface area contributed by atoms with Gasteiger partial charge in [0.25, 0.3) is 0 Å². The number of para-hydroxylation sites is 1. The molecule has 0 aliphatic carbocycles. The van der Waals surface area contributed by atoms with Crippen LogP contribution in [0.1, 0.15) is 10.4 Å². The van der Waals surface area contributed by atoms with Crippen LogP contribution < -0.4 is 10.6 Å². The lowest BCUT2D eigenvalue weighted by Gasteiger charge is -2.10. The fraction of sp³-hybridized carbons (Fsp3) is 0.214. The molecule has 2 N–H and O–H groups in total. The fourth-order valence-electron chi connectivity index (χ4n) is 1.74. The van der Waals surface area contributed by atoms with Crippen LogP contribution in [0.2, 0.25) is 0 Å². The first kappa shape index (κ1) is 14.1. The zero-order valence-corrected chi connectivity index (χ0v) is 13.0. The van der Waals surface area contributed by atoms with Gasteiger partial charge in [-0.15, -0.1) is 11.3 Å². The normalized spacial score (nSPS) is 10.2. The van der Waals surface area contributed by atoms with Crippen LogP contribution in [0.25, 0.3) is 0 Å². The molecule has 0 unspecified atom stereocenters. The fourth-order valence-corrected chi connectivity index (χ4v) is 3.13. The molecule has 2 aromatic rings. The molecular formula is C14H15BrN2OS. The van der Waals surface area contributed by atoms with Gasteiger partial charge in [-0.2, -0.15) is 0 Å². The molecule has 19 heavy (non-hydrogen) atoms. The molecule has 2 rings (SSSR count). The predicted molar refractivity (Wildman–Crippen MR) is 83.6 cm³/mol. The molecule has 5 heteroatoms. The van der Waals surface area contributed by atoms with Crippen LogP contribution in [0.15, 0.2) is 40.2 Å². The standard InChI is InChI=1S/C14H15BrN2OS/c1-16-14(18)6-10-4-2-3-5-13(10)17-8-12-7-11(15)9-19-12/h2-5,7,9,17H,6,8H2,1H3,(H,16,18). The number of halogens is 1.